The third-order valence-corrected chi connectivity index (χ3v) is 6.93. The van der Waals surface area contributed by atoms with Gasteiger partial charge in [-0.1, -0.05) is 66.5 Å². The first-order chi connectivity index (χ1) is 13.3. The number of benzene rings is 1. The van der Waals surface area contributed by atoms with E-state index in [0.717, 1.165) is 22.7 Å². The summed E-state index contributed by atoms with van der Waals surface area (Å²) in [5, 5.41) is 3.72. The summed E-state index contributed by atoms with van der Waals surface area (Å²) in [6.07, 6.45) is 6.73. The SMILES string of the molecule is CC(C(=O)NC1C=CS(=O)(=O)C1)N1C(=O)C(=CC=Cc2ccccc2)SC1=S. The molecule has 0 bridgehead atoms. The molecule has 2 atom stereocenters. The standard InChI is InChI=1S/C19H18N2O4S3/c1-13(17(22)20-15-10-11-28(24,25)12-15)21-18(23)16(27-19(21)26)9-5-8-14-6-3-2-4-7-14/h2-11,13,15H,12H2,1H3,(H,20,22). The van der Waals surface area contributed by atoms with Crippen molar-refractivity contribution in [2.45, 2.75) is 19.0 Å². The minimum atomic E-state index is -3.27. The number of hydrogen-bond donors (Lipinski definition) is 1. The van der Waals surface area contributed by atoms with Crippen LogP contribution in [0.1, 0.15) is 12.5 Å². The lowest BCUT2D eigenvalue weighted by molar-refractivity contribution is -0.132. The molecule has 9 heteroatoms. The minimum absolute atomic E-state index is 0.173. The lowest BCUT2D eigenvalue weighted by Gasteiger charge is -2.23. The molecular weight excluding hydrogens is 416 g/mol. The molecule has 2 amide bonds. The number of amides is 2. The molecule has 28 heavy (non-hydrogen) atoms. The Labute approximate surface area is 173 Å². The van der Waals surface area contributed by atoms with E-state index in [0.29, 0.717) is 9.23 Å². The molecule has 2 aliphatic heterocycles. The van der Waals surface area contributed by atoms with Gasteiger partial charge < -0.3 is 5.32 Å². The highest BCUT2D eigenvalue weighted by Gasteiger charge is 2.38. The van der Waals surface area contributed by atoms with E-state index in [1.54, 1.807) is 19.1 Å². The van der Waals surface area contributed by atoms with Crippen LogP contribution in [0.3, 0.4) is 0 Å². The second-order valence-corrected chi connectivity index (χ2v) is 9.90. The van der Waals surface area contributed by atoms with E-state index in [2.05, 4.69) is 5.32 Å². The number of nitrogens with one attached hydrogen (secondary N) is 1. The van der Waals surface area contributed by atoms with E-state index in [-0.39, 0.29) is 11.7 Å². The zero-order valence-corrected chi connectivity index (χ0v) is 17.4. The van der Waals surface area contributed by atoms with Gasteiger partial charge in [-0.15, -0.1) is 0 Å². The largest absolute Gasteiger partial charge is 0.347 e. The van der Waals surface area contributed by atoms with Crippen molar-refractivity contribution in [3.05, 3.63) is 64.4 Å². The molecular formula is C19H18N2O4S3. The Kier molecular flexibility index (Phi) is 6.17. The van der Waals surface area contributed by atoms with Crippen molar-refractivity contribution in [2.24, 2.45) is 0 Å². The van der Waals surface area contributed by atoms with Gasteiger partial charge in [0.1, 0.15) is 10.4 Å². The molecule has 1 aromatic carbocycles. The highest BCUT2D eigenvalue weighted by atomic mass is 32.2. The predicted molar refractivity (Wildman–Crippen MR) is 115 cm³/mol. The number of sulfone groups is 1. The van der Waals surface area contributed by atoms with E-state index in [9.17, 15) is 18.0 Å². The molecule has 0 radical (unpaired) electrons. The molecule has 0 saturated carbocycles. The maximum Gasteiger partial charge on any atom is 0.266 e. The van der Waals surface area contributed by atoms with Crippen LogP contribution in [-0.2, 0) is 19.4 Å². The molecule has 6 nitrogen and oxygen atoms in total. The molecule has 146 valence electrons. The summed E-state index contributed by atoms with van der Waals surface area (Å²) in [6, 6.07) is 8.22. The van der Waals surface area contributed by atoms with Crippen LogP contribution in [0.2, 0.25) is 0 Å². The van der Waals surface area contributed by atoms with Crippen molar-refractivity contribution in [3.8, 4) is 0 Å². The van der Waals surface area contributed by atoms with Gasteiger partial charge in [-0.3, -0.25) is 14.5 Å². The van der Waals surface area contributed by atoms with Crippen LogP contribution in [0.5, 0.6) is 0 Å². The van der Waals surface area contributed by atoms with Gasteiger partial charge in [0.2, 0.25) is 5.91 Å². The maximum atomic E-state index is 12.7. The first-order valence-electron chi connectivity index (χ1n) is 8.47. The monoisotopic (exact) mass is 434 g/mol. The van der Waals surface area contributed by atoms with Gasteiger partial charge in [-0.2, -0.15) is 0 Å². The van der Waals surface area contributed by atoms with Crippen LogP contribution < -0.4 is 5.32 Å². The second kappa shape index (κ2) is 8.42. The van der Waals surface area contributed by atoms with Crippen LogP contribution >= 0.6 is 24.0 Å². The average molecular weight is 435 g/mol. The molecule has 0 aromatic heterocycles. The van der Waals surface area contributed by atoms with Crippen molar-refractivity contribution in [1.82, 2.24) is 10.2 Å². The summed E-state index contributed by atoms with van der Waals surface area (Å²) in [5.74, 6) is -0.970. The van der Waals surface area contributed by atoms with Gasteiger partial charge in [-0.25, -0.2) is 8.42 Å². The molecule has 2 heterocycles. The number of thiocarbonyl (C=S) groups is 1. The molecule has 1 fully saturated rings. The third-order valence-electron chi connectivity index (χ3n) is 4.18. The summed E-state index contributed by atoms with van der Waals surface area (Å²) < 4.78 is 23.2. The summed E-state index contributed by atoms with van der Waals surface area (Å²) >= 11 is 6.40. The molecule has 1 aromatic rings. The van der Waals surface area contributed by atoms with Gasteiger partial charge in [0.15, 0.2) is 9.84 Å². The van der Waals surface area contributed by atoms with Crippen LogP contribution in [0.25, 0.3) is 6.08 Å². The fourth-order valence-electron chi connectivity index (χ4n) is 2.72. The number of thioether (sulfide) groups is 1. The van der Waals surface area contributed by atoms with E-state index < -0.39 is 27.8 Å². The molecule has 1 N–H and O–H groups in total. The Hall–Kier alpha value is -2.23. The third kappa shape index (κ3) is 4.78. The number of rotatable bonds is 5. The Morgan fingerprint density at radius 2 is 2.07 bits per heavy atom. The van der Waals surface area contributed by atoms with Gasteiger partial charge in [0.05, 0.1) is 16.7 Å². The van der Waals surface area contributed by atoms with Crippen molar-refractivity contribution in [3.63, 3.8) is 0 Å². The number of carbonyl (C=O) groups excluding carboxylic acids is 2. The van der Waals surface area contributed by atoms with Crippen molar-refractivity contribution >= 4 is 56.0 Å². The van der Waals surface area contributed by atoms with Crippen LogP contribution in [0.15, 0.2) is 58.9 Å². The molecule has 2 unspecified atom stereocenters. The maximum absolute atomic E-state index is 12.7. The zero-order valence-electron chi connectivity index (χ0n) is 14.9. The van der Waals surface area contributed by atoms with Crippen molar-refractivity contribution < 1.29 is 18.0 Å². The minimum Gasteiger partial charge on any atom is -0.347 e. The fourth-order valence-corrected chi connectivity index (χ4v) is 5.33. The second-order valence-electron chi connectivity index (χ2n) is 6.29. The topological polar surface area (TPSA) is 83.6 Å². The number of hydrogen-bond acceptors (Lipinski definition) is 6. The summed E-state index contributed by atoms with van der Waals surface area (Å²) in [6.45, 7) is 1.57. The van der Waals surface area contributed by atoms with Gasteiger partial charge in [-0.05, 0) is 24.6 Å². The molecule has 3 rings (SSSR count). The van der Waals surface area contributed by atoms with E-state index in [4.69, 9.17) is 12.2 Å². The highest BCUT2D eigenvalue weighted by molar-refractivity contribution is 8.26. The number of nitrogens with zero attached hydrogens (tertiary/aromatic N) is 1. The van der Waals surface area contributed by atoms with E-state index in [1.165, 1.54) is 11.0 Å². The van der Waals surface area contributed by atoms with E-state index in [1.807, 2.05) is 36.4 Å². The van der Waals surface area contributed by atoms with Crippen LogP contribution in [0.4, 0.5) is 0 Å². The number of allylic oxidation sites excluding steroid dienone is 2. The van der Waals surface area contributed by atoms with Crippen molar-refractivity contribution in [1.29, 1.82) is 0 Å². The molecule has 1 saturated heterocycles. The highest BCUT2D eigenvalue weighted by Crippen LogP contribution is 2.32. The van der Waals surface area contributed by atoms with Gasteiger partial charge in [0, 0.05) is 5.41 Å². The van der Waals surface area contributed by atoms with Gasteiger partial charge in [0.25, 0.3) is 5.91 Å². The normalized spacial score (nSPS) is 23.7. The smallest absolute Gasteiger partial charge is 0.266 e. The Balaban J connectivity index is 1.65. The fraction of sp³-hybridized carbons (Fsp3) is 0.211. The summed E-state index contributed by atoms with van der Waals surface area (Å²) in [7, 11) is -3.27. The molecule has 2 aliphatic rings. The first-order valence-corrected chi connectivity index (χ1v) is 11.4. The lowest BCUT2D eigenvalue weighted by Crippen LogP contribution is -2.49. The lowest BCUT2D eigenvalue weighted by atomic mass is 10.2. The Morgan fingerprint density at radius 3 is 2.71 bits per heavy atom. The Morgan fingerprint density at radius 1 is 1.36 bits per heavy atom. The first kappa shape index (κ1) is 20.5. The summed E-state index contributed by atoms with van der Waals surface area (Å²) in [4.78, 5) is 26.8. The quantitative estimate of drug-likeness (QED) is 0.565. The average Bonchev–Trinajstić information content (AvgIpc) is 3.13. The Bertz CT molecular complexity index is 997. The van der Waals surface area contributed by atoms with Crippen LogP contribution in [0, 0.1) is 0 Å². The zero-order chi connectivity index (χ0) is 20.3. The summed E-state index contributed by atoms with van der Waals surface area (Å²) in [5.41, 5.74) is 1.00. The van der Waals surface area contributed by atoms with E-state index >= 15 is 0 Å². The van der Waals surface area contributed by atoms with Crippen LogP contribution in [-0.4, -0.2) is 47.3 Å². The predicted octanol–water partition coefficient (Wildman–Crippen LogP) is 2.26. The molecule has 0 aliphatic carbocycles. The van der Waals surface area contributed by atoms with Gasteiger partial charge >= 0.3 is 0 Å². The molecule has 0 spiro atoms. The van der Waals surface area contributed by atoms with Crippen molar-refractivity contribution in [2.75, 3.05) is 5.75 Å². The number of carbonyl (C=O) groups is 2.